The van der Waals surface area contributed by atoms with Crippen molar-refractivity contribution in [1.29, 1.82) is 0 Å². The predicted octanol–water partition coefficient (Wildman–Crippen LogP) is 5.34. The molecule has 0 spiro atoms. The van der Waals surface area contributed by atoms with E-state index in [-0.39, 0.29) is 10.8 Å². The van der Waals surface area contributed by atoms with Crippen LogP contribution in [0.4, 0.5) is 5.13 Å². The molecule has 2 aromatic heterocycles. The van der Waals surface area contributed by atoms with Crippen molar-refractivity contribution in [3.8, 4) is 10.7 Å². The fourth-order valence-electron chi connectivity index (χ4n) is 4.31. The van der Waals surface area contributed by atoms with Crippen LogP contribution in [0.5, 0.6) is 0 Å². The number of piperidine rings is 1. The van der Waals surface area contributed by atoms with E-state index in [4.69, 9.17) is 0 Å². The average molecular weight is 513 g/mol. The van der Waals surface area contributed by atoms with Gasteiger partial charge in [-0.3, -0.25) is 10.1 Å². The third-order valence-corrected chi connectivity index (χ3v) is 9.49. The third kappa shape index (κ3) is 4.63. The van der Waals surface area contributed by atoms with Gasteiger partial charge in [0.05, 0.1) is 15.1 Å². The van der Waals surface area contributed by atoms with E-state index in [1.165, 1.54) is 23.5 Å². The first-order chi connectivity index (χ1) is 16.3. The lowest BCUT2D eigenvalue weighted by molar-refractivity contribution is 0.102. The Kier molecular flexibility index (Phi) is 6.24. The van der Waals surface area contributed by atoms with Gasteiger partial charge >= 0.3 is 0 Å². The van der Waals surface area contributed by atoms with Gasteiger partial charge in [-0.15, -0.1) is 22.7 Å². The number of nitrogens with zero attached hydrogens (tertiary/aromatic N) is 3. The number of hydrogen-bond acceptors (Lipinski definition) is 7. The molecule has 7 nitrogen and oxygen atoms in total. The quantitative estimate of drug-likeness (QED) is 0.390. The van der Waals surface area contributed by atoms with Crippen LogP contribution in [0.15, 0.2) is 58.8 Å². The van der Waals surface area contributed by atoms with Crippen LogP contribution in [0.25, 0.3) is 20.9 Å². The Balaban J connectivity index is 1.28. The van der Waals surface area contributed by atoms with Crippen molar-refractivity contribution in [3.63, 3.8) is 0 Å². The van der Waals surface area contributed by atoms with Crippen LogP contribution in [0.2, 0.25) is 0 Å². The summed E-state index contributed by atoms with van der Waals surface area (Å²) in [5, 5.41) is 5.93. The van der Waals surface area contributed by atoms with Gasteiger partial charge in [0.1, 0.15) is 10.7 Å². The van der Waals surface area contributed by atoms with Gasteiger partial charge in [-0.25, -0.2) is 18.4 Å². The number of carbonyl (C=O) groups excluding carboxylic acids is 1. The van der Waals surface area contributed by atoms with E-state index < -0.39 is 10.0 Å². The molecule has 3 heterocycles. The molecule has 1 saturated heterocycles. The second-order valence-electron chi connectivity index (χ2n) is 8.77. The second-order valence-corrected chi connectivity index (χ2v) is 12.6. The normalized spacial score (nSPS) is 19.4. The first-order valence-electron chi connectivity index (χ1n) is 11.0. The molecule has 10 heteroatoms. The third-order valence-electron chi connectivity index (χ3n) is 5.83. The van der Waals surface area contributed by atoms with Gasteiger partial charge in [-0.1, -0.05) is 26.0 Å². The zero-order valence-corrected chi connectivity index (χ0v) is 21.2. The Morgan fingerprint density at radius 2 is 1.74 bits per heavy atom. The van der Waals surface area contributed by atoms with E-state index >= 15 is 0 Å². The number of rotatable bonds is 5. The largest absolute Gasteiger partial charge is 0.298 e. The molecule has 0 unspecified atom stereocenters. The number of nitrogens with one attached hydrogen (secondary N) is 1. The van der Waals surface area contributed by atoms with Crippen molar-refractivity contribution in [1.82, 2.24) is 14.3 Å². The van der Waals surface area contributed by atoms with Crippen LogP contribution in [0.1, 0.15) is 30.6 Å². The lowest BCUT2D eigenvalue weighted by Crippen LogP contribution is -2.42. The minimum atomic E-state index is -3.58. The molecule has 0 radical (unpaired) electrons. The average Bonchev–Trinajstić information content (AvgIpc) is 3.45. The molecule has 34 heavy (non-hydrogen) atoms. The van der Waals surface area contributed by atoms with E-state index in [1.807, 2.05) is 29.6 Å². The molecule has 1 N–H and O–H groups in total. The van der Waals surface area contributed by atoms with Crippen molar-refractivity contribution in [2.45, 2.75) is 25.2 Å². The van der Waals surface area contributed by atoms with E-state index in [0.29, 0.717) is 41.3 Å². The number of aromatic nitrogens is 2. The molecule has 0 bridgehead atoms. The lowest BCUT2D eigenvalue weighted by Gasteiger charge is -2.34. The van der Waals surface area contributed by atoms with E-state index in [2.05, 4.69) is 29.1 Å². The fourth-order valence-corrected chi connectivity index (χ4v) is 7.68. The zero-order chi connectivity index (χ0) is 23.9. The SMILES string of the molecule is C[C@@H]1C[C@H](C)CN(S(=O)(=O)c2ccc(C(=O)Nc3nc(-c4nc5ccccc5s4)cs3)cc2)C1. The van der Waals surface area contributed by atoms with Gasteiger partial charge in [0.25, 0.3) is 5.91 Å². The molecule has 0 aliphatic carbocycles. The molecule has 2 aromatic carbocycles. The summed E-state index contributed by atoms with van der Waals surface area (Å²) in [5.41, 5.74) is 2.01. The first-order valence-corrected chi connectivity index (χ1v) is 14.2. The van der Waals surface area contributed by atoms with Gasteiger partial charge in [-0.05, 0) is 54.7 Å². The molecule has 5 rings (SSSR count). The summed E-state index contributed by atoms with van der Waals surface area (Å²) in [4.78, 5) is 22.0. The van der Waals surface area contributed by atoms with Gasteiger partial charge in [-0.2, -0.15) is 4.31 Å². The molecular formula is C24H24N4O3S3. The zero-order valence-electron chi connectivity index (χ0n) is 18.8. The number of hydrogen-bond donors (Lipinski definition) is 1. The van der Waals surface area contributed by atoms with Gasteiger partial charge in [0, 0.05) is 24.0 Å². The molecular weight excluding hydrogens is 488 g/mol. The highest BCUT2D eigenvalue weighted by atomic mass is 32.2. The van der Waals surface area contributed by atoms with Crippen molar-refractivity contribution < 1.29 is 13.2 Å². The Labute approximate surface area is 206 Å². The molecule has 4 aromatic rings. The highest BCUT2D eigenvalue weighted by molar-refractivity contribution is 7.89. The van der Waals surface area contributed by atoms with Crippen LogP contribution in [-0.2, 0) is 10.0 Å². The summed E-state index contributed by atoms with van der Waals surface area (Å²) in [6, 6.07) is 14.0. The maximum atomic E-state index is 13.1. The van der Waals surface area contributed by atoms with E-state index in [1.54, 1.807) is 27.8 Å². The Morgan fingerprint density at radius 1 is 1.03 bits per heavy atom. The van der Waals surface area contributed by atoms with Crippen LogP contribution in [0, 0.1) is 11.8 Å². The van der Waals surface area contributed by atoms with Crippen molar-refractivity contribution in [3.05, 3.63) is 59.5 Å². The molecule has 0 saturated carbocycles. The Morgan fingerprint density at radius 3 is 2.44 bits per heavy atom. The minimum absolute atomic E-state index is 0.206. The van der Waals surface area contributed by atoms with Gasteiger partial charge < -0.3 is 0 Å². The smallest absolute Gasteiger partial charge is 0.257 e. The number of sulfonamides is 1. The fraction of sp³-hybridized carbons (Fsp3) is 0.292. The summed E-state index contributed by atoms with van der Waals surface area (Å²) in [7, 11) is -3.58. The van der Waals surface area contributed by atoms with Gasteiger partial charge in [0.15, 0.2) is 5.13 Å². The van der Waals surface area contributed by atoms with Crippen LogP contribution < -0.4 is 5.32 Å². The maximum Gasteiger partial charge on any atom is 0.257 e. The second kappa shape index (κ2) is 9.18. The number of amides is 1. The van der Waals surface area contributed by atoms with Crippen molar-refractivity contribution in [2.24, 2.45) is 11.8 Å². The van der Waals surface area contributed by atoms with Crippen molar-refractivity contribution >= 4 is 54.0 Å². The van der Waals surface area contributed by atoms with Crippen LogP contribution in [0.3, 0.4) is 0 Å². The van der Waals surface area contributed by atoms with E-state index in [0.717, 1.165) is 21.6 Å². The minimum Gasteiger partial charge on any atom is -0.298 e. The van der Waals surface area contributed by atoms with Crippen LogP contribution in [-0.4, -0.2) is 41.7 Å². The predicted molar refractivity (Wildman–Crippen MR) is 137 cm³/mol. The summed E-state index contributed by atoms with van der Waals surface area (Å²) < 4.78 is 28.8. The highest BCUT2D eigenvalue weighted by Crippen LogP contribution is 2.32. The number of carbonyl (C=O) groups is 1. The number of fused-ring (bicyclic) bond motifs is 1. The summed E-state index contributed by atoms with van der Waals surface area (Å²) in [6.07, 6.45) is 1.03. The summed E-state index contributed by atoms with van der Waals surface area (Å²) in [6.45, 7) is 5.20. The maximum absolute atomic E-state index is 13.1. The van der Waals surface area contributed by atoms with Crippen LogP contribution >= 0.6 is 22.7 Å². The molecule has 1 fully saturated rings. The number of para-hydroxylation sites is 1. The van der Waals surface area contributed by atoms with E-state index in [9.17, 15) is 13.2 Å². The molecule has 2 atom stereocenters. The Hall–Kier alpha value is -2.66. The molecule has 176 valence electrons. The number of benzene rings is 2. The number of anilines is 1. The number of thiazole rings is 2. The van der Waals surface area contributed by atoms with Gasteiger partial charge in [0.2, 0.25) is 10.0 Å². The monoisotopic (exact) mass is 512 g/mol. The summed E-state index contributed by atoms with van der Waals surface area (Å²) in [5.74, 6) is 0.318. The highest BCUT2D eigenvalue weighted by Gasteiger charge is 2.31. The lowest BCUT2D eigenvalue weighted by atomic mass is 9.94. The standard InChI is InChI=1S/C24H24N4O3S3/c1-15-11-16(2)13-28(12-15)34(30,31)18-9-7-17(8-10-18)22(29)27-24-26-20(14-32-24)23-25-19-5-3-4-6-21(19)33-23/h3-10,14-16H,11-13H2,1-2H3,(H,26,27,29)/t15-,16+. The Bertz CT molecular complexity index is 1400. The summed E-state index contributed by atoms with van der Waals surface area (Å²) >= 11 is 2.88. The molecule has 1 aliphatic heterocycles. The first kappa shape index (κ1) is 23.1. The topological polar surface area (TPSA) is 92.3 Å². The molecule has 1 aliphatic rings. The molecule has 1 amide bonds. The van der Waals surface area contributed by atoms with Crippen molar-refractivity contribution in [2.75, 3.05) is 18.4 Å².